The predicted molar refractivity (Wildman–Crippen MR) is 137 cm³/mol. The van der Waals surface area contributed by atoms with E-state index in [0.29, 0.717) is 0 Å². The monoisotopic (exact) mass is 500 g/mol. The third-order valence-corrected chi connectivity index (χ3v) is 9.97. The second kappa shape index (κ2) is 9.00. The number of aromatic nitrogens is 2. The number of amides is 2. The number of carbonyl (C=O) groups excluding carboxylic acids is 2. The van der Waals surface area contributed by atoms with Crippen LogP contribution in [0.2, 0.25) is 0 Å². The number of thioether (sulfide) groups is 2. The van der Waals surface area contributed by atoms with Gasteiger partial charge >= 0.3 is 0 Å². The second-order valence-corrected chi connectivity index (χ2v) is 11.6. The van der Waals surface area contributed by atoms with Crippen molar-refractivity contribution in [2.24, 2.45) is 12.5 Å². The highest BCUT2D eigenvalue weighted by Crippen LogP contribution is 2.42. The zero-order valence-electron chi connectivity index (χ0n) is 19.2. The van der Waals surface area contributed by atoms with E-state index in [9.17, 15) is 9.59 Å². The first-order valence-corrected chi connectivity index (χ1v) is 14.4. The zero-order valence-corrected chi connectivity index (χ0v) is 21.6. The van der Waals surface area contributed by atoms with Crippen LogP contribution >= 0.6 is 35.1 Å². The fourth-order valence-corrected chi connectivity index (χ4v) is 7.50. The number of likely N-dealkylation sites (tertiary alicyclic amines) is 2. The number of hydrogen-bond acceptors (Lipinski definition) is 6. The van der Waals surface area contributed by atoms with Crippen molar-refractivity contribution in [2.75, 3.05) is 38.7 Å². The molecule has 2 aliphatic heterocycles. The first-order valence-electron chi connectivity index (χ1n) is 11.2. The Labute approximate surface area is 206 Å². The number of nitrogens with zero attached hydrogens (tertiary/aromatic N) is 4. The molecular weight excluding hydrogens is 472 g/mol. The summed E-state index contributed by atoms with van der Waals surface area (Å²) in [7, 11) is 1.96. The molecule has 0 N–H and O–H groups in total. The van der Waals surface area contributed by atoms with E-state index in [1.165, 1.54) is 11.5 Å². The molecule has 2 fully saturated rings. The van der Waals surface area contributed by atoms with Crippen molar-refractivity contribution in [1.82, 2.24) is 18.7 Å². The van der Waals surface area contributed by atoms with Crippen molar-refractivity contribution in [2.45, 2.75) is 28.5 Å². The highest BCUT2D eigenvalue weighted by Gasteiger charge is 2.44. The summed E-state index contributed by atoms with van der Waals surface area (Å²) in [6.45, 7) is 3.05. The lowest BCUT2D eigenvalue weighted by atomic mass is 9.77. The van der Waals surface area contributed by atoms with E-state index in [0.717, 1.165) is 76.8 Å². The van der Waals surface area contributed by atoms with Crippen LogP contribution < -0.4 is 0 Å². The van der Waals surface area contributed by atoms with Crippen LogP contribution in [-0.2, 0) is 7.05 Å². The van der Waals surface area contributed by atoms with E-state index >= 15 is 0 Å². The van der Waals surface area contributed by atoms with Gasteiger partial charge in [0, 0.05) is 44.1 Å². The molecule has 33 heavy (non-hydrogen) atoms. The predicted octanol–water partition coefficient (Wildman–Crippen LogP) is 4.85. The quantitative estimate of drug-likeness (QED) is 0.480. The van der Waals surface area contributed by atoms with Crippen LogP contribution in [0.25, 0.3) is 10.9 Å². The first kappa shape index (κ1) is 22.8. The van der Waals surface area contributed by atoms with Crippen molar-refractivity contribution in [3.8, 4) is 0 Å². The van der Waals surface area contributed by atoms with E-state index in [2.05, 4.69) is 16.5 Å². The van der Waals surface area contributed by atoms with E-state index in [-0.39, 0.29) is 17.2 Å². The van der Waals surface area contributed by atoms with E-state index in [1.54, 1.807) is 23.5 Å². The Morgan fingerprint density at radius 3 is 2.36 bits per heavy atom. The summed E-state index contributed by atoms with van der Waals surface area (Å²) in [6.07, 6.45) is 6.88. The van der Waals surface area contributed by atoms with Gasteiger partial charge in [0.25, 0.3) is 11.8 Å². The molecule has 0 saturated carbocycles. The van der Waals surface area contributed by atoms with Crippen molar-refractivity contribution in [1.29, 1.82) is 0 Å². The number of benzene rings is 1. The molecule has 1 spiro atoms. The molecule has 6 nitrogen and oxygen atoms in total. The second-order valence-electron chi connectivity index (χ2n) is 8.97. The lowest BCUT2D eigenvalue weighted by Gasteiger charge is -2.39. The molecule has 0 unspecified atom stereocenters. The molecule has 0 aliphatic carbocycles. The van der Waals surface area contributed by atoms with Gasteiger partial charge in [-0.15, -0.1) is 23.5 Å². The molecule has 4 heterocycles. The third-order valence-electron chi connectivity index (χ3n) is 7.23. The van der Waals surface area contributed by atoms with Gasteiger partial charge in [-0.25, -0.2) is 0 Å². The maximum atomic E-state index is 13.4. The molecule has 2 amide bonds. The van der Waals surface area contributed by atoms with Gasteiger partial charge in [-0.3, -0.25) is 9.59 Å². The Morgan fingerprint density at radius 1 is 1.00 bits per heavy atom. The number of aryl methyl sites for hydroxylation is 1. The third kappa shape index (κ3) is 3.98. The van der Waals surface area contributed by atoms with Gasteiger partial charge in [-0.1, -0.05) is 18.2 Å². The topological polar surface area (TPSA) is 58.4 Å². The van der Waals surface area contributed by atoms with Gasteiger partial charge in [-0.2, -0.15) is 4.37 Å². The van der Waals surface area contributed by atoms with Crippen molar-refractivity contribution >= 4 is 57.8 Å². The lowest BCUT2D eigenvalue weighted by molar-refractivity contribution is 0.0557. The Bertz CT molecular complexity index is 1190. The standard InChI is InChI=1S/C24H28N4O2S3/c1-26-17-7-5-4-6-16(17)14-18(26)21(29)27-11-8-24(9-12-27)10-13-28(15-24)22(30)19-20(31-2)25-33-23(19)32-3/h4-7,14H,8-13,15H2,1-3H3. The summed E-state index contributed by atoms with van der Waals surface area (Å²) in [4.78, 5) is 30.7. The average Bonchev–Trinajstić information content (AvgIpc) is 3.54. The van der Waals surface area contributed by atoms with Gasteiger partial charge in [0.05, 0.1) is 9.77 Å². The largest absolute Gasteiger partial charge is 0.340 e. The van der Waals surface area contributed by atoms with Gasteiger partial charge < -0.3 is 14.4 Å². The molecule has 2 saturated heterocycles. The minimum absolute atomic E-state index is 0.105. The SMILES string of the molecule is CSc1nsc(SC)c1C(=O)N1CCC2(CCN(C(=O)c3cc4ccccc4n3C)CC2)C1. The highest BCUT2D eigenvalue weighted by atomic mass is 32.2. The van der Waals surface area contributed by atoms with Crippen LogP contribution in [0.4, 0.5) is 0 Å². The molecule has 1 aromatic carbocycles. The number of hydrogen-bond donors (Lipinski definition) is 0. The smallest absolute Gasteiger partial charge is 0.270 e. The Hall–Kier alpha value is -1.97. The fourth-order valence-electron chi connectivity index (χ4n) is 5.23. The molecule has 5 rings (SSSR count). The number of rotatable bonds is 4. The van der Waals surface area contributed by atoms with Crippen molar-refractivity contribution in [3.63, 3.8) is 0 Å². The fraction of sp³-hybridized carbons (Fsp3) is 0.458. The van der Waals surface area contributed by atoms with Gasteiger partial charge in [0.15, 0.2) is 0 Å². The van der Waals surface area contributed by atoms with Crippen LogP contribution in [0, 0.1) is 5.41 Å². The van der Waals surface area contributed by atoms with E-state index < -0.39 is 0 Å². The maximum absolute atomic E-state index is 13.4. The molecule has 9 heteroatoms. The van der Waals surface area contributed by atoms with Crippen molar-refractivity contribution < 1.29 is 9.59 Å². The maximum Gasteiger partial charge on any atom is 0.270 e. The Morgan fingerprint density at radius 2 is 1.70 bits per heavy atom. The lowest BCUT2D eigenvalue weighted by Crippen LogP contribution is -2.45. The first-order chi connectivity index (χ1) is 16.0. The van der Waals surface area contributed by atoms with Crippen LogP contribution in [0.1, 0.15) is 40.1 Å². The molecular formula is C24H28N4O2S3. The zero-order chi connectivity index (χ0) is 23.2. The summed E-state index contributed by atoms with van der Waals surface area (Å²) >= 11 is 4.56. The summed E-state index contributed by atoms with van der Waals surface area (Å²) < 4.78 is 7.47. The summed E-state index contributed by atoms with van der Waals surface area (Å²) in [5.74, 6) is 0.219. The molecule has 2 aromatic heterocycles. The average molecular weight is 501 g/mol. The molecule has 0 atom stereocenters. The summed E-state index contributed by atoms with van der Waals surface area (Å²) in [5.41, 5.74) is 2.72. The minimum Gasteiger partial charge on any atom is -0.340 e. The van der Waals surface area contributed by atoms with Gasteiger partial charge in [0.1, 0.15) is 10.7 Å². The number of para-hydroxylation sites is 1. The molecule has 0 bridgehead atoms. The van der Waals surface area contributed by atoms with E-state index in [1.807, 2.05) is 52.1 Å². The highest BCUT2D eigenvalue weighted by molar-refractivity contribution is 8.01. The van der Waals surface area contributed by atoms with Crippen LogP contribution in [0.3, 0.4) is 0 Å². The molecule has 0 radical (unpaired) electrons. The van der Waals surface area contributed by atoms with Crippen molar-refractivity contribution in [3.05, 3.63) is 41.6 Å². The normalized spacial score (nSPS) is 17.9. The summed E-state index contributed by atoms with van der Waals surface area (Å²) in [5, 5.41) is 1.93. The van der Waals surface area contributed by atoms with Crippen LogP contribution in [-0.4, -0.2) is 69.2 Å². The van der Waals surface area contributed by atoms with Gasteiger partial charge in [-0.05, 0) is 60.9 Å². The van der Waals surface area contributed by atoms with Crippen LogP contribution in [0.15, 0.2) is 39.6 Å². The minimum atomic E-state index is 0.105. The Balaban J connectivity index is 1.26. The number of carbonyl (C=O) groups is 2. The van der Waals surface area contributed by atoms with Crippen LogP contribution in [0.5, 0.6) is 0 Å². The molecule has 3 aromatic rings. The molecule has 174 valence electrons. The molecule has 2 aliphatic rings. The Kier molecular flexibility index (Phi) is 6.22. The number of piperidine rings is 1. The van der Waals surface area contributed by atoms with E-state index in [4.69, 9.17) is 0 Å². The number of fused-ring (bicyclic) bond motifs is 1. The summed E-state index contributed by atoms with van der Waals surface area (Å²) in [6, 6.07) is 10.1. The van der Waals surface area contributed by atoms with Gasteiger partial charge in [0.2, 0.25) is 0 Å².